The van der Waals surface area contributed by atoms with Gasteiger partial charge < -0.3 is 15.0 Å². The molecule has 34 heavy (non-hydrogen) atoms. The monoisotopic (exact) mass is 461 g/mol. The van der Waals surface area contributed by atoms with Gasteiger partial charge in [0.25, 0.3) is 5.91 Å². The van der Waals surface area contributed by atoms with Crippen LogP contribution in [0, 0.1) is 5.82 Å². The fourth-order valence-electron chi connectivity index (χ4n) is 4.83. The van der Waals surface area contributed by atoms with E-state index in [1.807, 2.05) is 44.2 Å². The minimum absolute atomic E-state index is 0.0233. The minimum atomic E-state index is -0.571. The third-order valence-corrected chi connectivity index (χ3v) is 6.38. The summed E-state index contributed by atoms with van der Waals surface area (Å²) in [6.45, 7) is 5.19. The highest BCUT2D eigenvalue weighted by molar-refractivity contribution is 6.08. The molecule has 1 aliphatic rings. The maximum absolute atomic E-state index is 15.1. The van der Waals surface area contributed by atoms with Crippen LogP contribution in [-0.4, -0.2) is 59.3 Å². The van der Waals surface area contributed by atoms with Crippen molar-refractivity contribution in [1.82, 2.24) is 25.4 Å². The van der Waals surface area contributed by atoms with Crippen LogP contribution in [0.2, 0.25) is 0 Å². The zero-order valence-corrected chi connectivity index (χ0v) is 19.8. The summed E-state index contributed by atoms with van der Waals surface area (Å²) in [6.07, 6.45) is 2.40. The lowest BCUT2D eigenvalue weighted by Crippen LogP contribution is -2.31. The number of ether oxygens (including phenoxy) is 1. The van der Waals surface area contributed by atoms with Crippen LogP contribution in [0.15, 0.2) is 36.5 Å². The van der Waals surface area contributed by atoms with Crippen molar-refractivity contribution in [2.75, 3.05) is 27.2 Å². The fraction of sp³-hybridized carbons (Fsp3) is 0.346. The van der Waals surface area contributed by atoms with Crippen molar-refractivity contribution in [3.05, 3.63) is 59.0 Å². The van der Waals surface area contributed by atoms with E-state index in [9.17, 15) is 4.79 Å². The Morgan fingerprint density at radius 2 is 2.09 bits per heavy atom. The number of pyridine rings is 1. The Morgan fingerprint density at radius 3 is 2.85 bits per heavy atom. The highest BCUT2D eigenvalue weighted by Gasteiger charge is 2.29. The molecular formula is C26H28FN5O2. The second-order valence-corrected chi connectivity index (χ2v) is 9.19. The van der Waals surface area contributed by atoms with E-state index in [4.69, 9.17) is 9.72 Å². The average molecular weight is 462 g/mol. The van der Waals surface area contributed by atoms with Crippen molar-refractivity contribution in [2.45, 2.75) is 32.5 Å². The minimum Gasteiger partial charge on any atom is -0.370 e. The van der Waals surface area contributed by atoms with Gasteiger partial charge in [0.05, 0.1) is 40.7 Å². The highest BCUT2D eigenvalue weighted by atomic mass is 19.1. The maximum atomic E-state index is 15.1. The molecule has 0 spiro atoms. The summed E-state index contributed by atoms with van der Waals surface area (Å²) < 4.78 is 21.2. The molecule has 4 aromatic rings. The number of fused-ring (bicyclic) bond motifs is 5. The molecule has 0 saturated carbocycles. The second kappa shape index (κ2) is 8.77. The zero-order valence-electron chi connectivity index (χ0n) is 19.8. The van der Waals surface area contributed by atoms with Crippen molar-refractivity contribution in [2.24, 2.45) is 0 Å². The molecule has 1 aliphatic heterocycles. The third-order valence-electron chi connectivity index (χ3n) is 6.38. The van der Waals surface area contributed by atoms with Crippen LogP contribution in [-0.2, 0) is 11.2 Å². The normalized spacial score (nSPS) is 17.9. The van der Waals surface area contributed by atoms with Crippen LogP contribution in [0.3, 0.4) is 0 Å². The van der Waals surface area contributed by atoms with E-state index in [-0.39, 0.29) is 17.8 Å². The Kier molecular flexibility index (Phi) is 5.79. The number of H-pyrrole nitrogens is 1. The SMILES string of the molecule is C[C@@H]1Cc2c(c(-c3ccc(C(=O)NCCN(C)C)c(F)c3)nc3ccc4[nH]ncc4c23)[C@H](C)O1. The Labute approximate surface area is 197 Å². The molecular weight excluding hydrogens is 433 g/mol. The molecule has 1 amide bonds. The summed E-state index contributed by atoms with van der Waals surface area (Å²) in [4.78, 5) is 19.4. The lowest BCUT2D eigenvalue weighted by Gasteiger charge is -2.31. The van der Waals surface area contributed by atoms with Crippen LogP contribution >= 0.6 is 0 Å². The van der Waals surface area contributed by atoms with Crippen molar-refractivity contribution in [3.63, 3.8) is 0 Å². The molecule has 0 fully saturated rings. The van der Waals surface area contributed by atoms with Crippen LogP contribution in [0.5, 0.6) is 0 Å². The van der Waals surface area contributed by atoms with E-state index in [1.165, 1.54) is 12.1 Å². The number of carbonyl (C=O) groups excluding carboxylic acids is 1. The van der Waals surface area contributed by atoms with Crippen molar-refractivity contribution in [3.8, 4) is 11.3 Å². The Balaban J connectivity index is 1.62. The number of amides is 1. The maximum Gasteiger partial charge on any atom is 0.254 e. The number of aromatic amines is 1. The first-order chi connectivity index (χ1) is 16.3. The molecule has 0 aliphatic carbocycles. The van der Waals surface area contributed by atoms with Gasteiger partial charge in [-0.3, -0.25) is 9.89 Å². The fourth-order valence-corrected chi connectivity index (χ4v) is 4.83. The van der Waals surface area contributed by atoms with Gasteiger partial charge in [0.2, 0.25) is 0 Å². The van der Waals surface area contributed by atoms with E-state index < -0.39 is 11.7 Å². The summed E-state index contributed by atoms with van der Waals surface area (Å²) in [5.74, 6) is -0.995. The van der Waals surface area contributed by atoms with Gasteiger partial charge in [-0.1, -0.05) is 6.07 Å². The molecule has 2 aromatic carbocycles. The number of aromatic nitrogens is 3. The first kappa shape index (κ1) is 22.4. The van der Waals surface area contributed by atoms with Gasteiger partial charge in [0.15, 0.2) is 0 Å². The second-order valence-electron chi connectivity index (χ2n) is 9.19. The molecule has 7 nitrogen and oxygen atoms in total. The summed E-state index contributed by atoms with van der Waals surface area (Å²) in [6, 6.07) is 8.62. The first-order valence-corrected chi connectivity index (χ1v) is 11.5. The number of carbonyl (C=O) groups is 1. The number of rotatable bonds is 5. The van der Waals surface area contributed by atoms with Gasteiger partial charge in [-0.2, -0.15) is 5.10 Å². The Morgan fingerprint density at radius 1 is 1.26 bits per heavy atom. The topological polar surface area (TPSA) is 83.1 Å². The lowest BCUT2D eigenvalue weighted by molar-refractivity contribution is -0.00404. The highest BCUT2D eigenvalue weighted by Crippen LogP contribution is 2.42. The van der Waals surface area contributed by atoms with Crippen molar-refractivity contribution >= 4 is 27.7 Å². The van der Waals surface area contributed by atoms with Crippen molar-refractivity contribution in [1.29, 1.82) is 0 Å². The van der Waals surface area contributed by atoms with E-state index in [1.54, 1.807) is 6.07 Å². The van der Waals surface area contributed by atoms with E-state index in [2.05, 4.69) is 22.4 Å². The number of hydrogen-bond acceptors (Lipinski definition) is 5. The number of likely N-dealkylation sites (N-methyl/N-ethyl adjacent to an activating group) is 1. The molecule has 2 aromatic heterocycles. The van der Waals surface area contributed by atoms with E-state index in [0.29, 0.717) is 24.3 Å². The molecule has 176 valence electrons. The molecule has 0 bridgehead atoms. The smallest absolute Gasteiger partial charge is 0.254 e. The number of hydrogen-bond donors (Lipinski definition) is 2. The average Bonchev–Trinajstić information content (AvgIpc) is 3.26. The van der Waals surface area contributed by atoms with Crippen molar-refractivity contribution < 1.29 is 13.9 Å². The Hall–Kier alpha value is -3.36. The summed E-state index contributed by atoms with van der Waals surface area (Å²) in [5, 5.41) is 12.1. The van der Waals surface area contributed by atoms with Crippen LogP contribution in [0.25, 0.3) is 33.1 Å². The number of benzene rings is 2. The van der Waals surface area contributed by atoms with Gasteiger partial charge in [-0.05, 0) is 64.2 Å². The Bertz CT molecular complexity index is 1400. The van der Waals surface area contributed by atoms with Gasteiger partial charge in [0.1, 0.15) is 5.82 Å². The number of halogens is 1. The van der Waals surface area contributed by atoms with Crippen LogP contribution in [0.1, 0.15) is 41.4 Å². The van der Waals surface area contributed by atoms with Gasteiger partial charge >= 0.3 is 0 Å². The predicted octanol–water partition coefficient (Wildman–Crippen LogP) is 4.23. The molecule has 8 heteroatoms. The molecule has 2 N–H and O–H groups in total. The summed E-state index contributed by atoms with van der Waals surface area (Å²) in [7, 11) is 3.84. The van der Waals surface area contributed by atoms with Crippen LogP contribution < -0.4 is 5.32 Å². The van der Waals surface area contributed by atoms with E-state index >= 15 is 4.39 Å². The molecule has 5 rings (SSSR count). The molecule has 0 saturated heterocycles. The third kappa shape index (κ3) is 3.93. The lowest BCUT2D eigenvalue weighted by atomic mass is 9.87. The van der Waals surface area contributed by atoms with Gasteiger partial charge in [-0.25, -0.2) is 9.37 Å². The first-order valence-electron chi connectivity index (χ1n) is 11.5. The zero-order chi connectivity index (χ0) is 24.0. The molecule has 2 atom stereocenters. The summed E-state index contributed by atoms with van der Waals surface area (Å²) in [5.41, 5.74) is 5.23. The number of nitrogens with one attached hydrogen (secondary N) is 2. The number of nitrogens with zero attached hydrogens (tertiary/aromatic N) is 3. The van der Waals surface area contributed by atoms with Gasteiger partial charge in [0, 0.05) is 35.0 Å². The standard InChI is InChI=1S/C26H28FN5O2/c1-14-11-18-23(15(2)34-14)25(30-22-8-7-21-19(24(18)22)13-29-31-21)16-5-6-17(20(27)12-16)26(33)28-9-10-32(3)4/h5-8,12-15H,9-11H2,1-4H3,(H,28,33)(H,29,31)/t14-,15+/m1/s1. The molecule has 3 heterocycles. The molecule has 0 unspecified atom stereocenters. The molecule has 0 radical (unpaired) electrons. The quantitative estimate of drug-likeness (QED) is 0.465. The largest absolute Gasteiger partial charge is 0.370 e. The van der Waals surface area contributed by atoms with Gasteiger partial charge in [-0.15, -0.1) is 0 Å². The van der Waals surface area contributed by atoms with Crippen LogP contribution in [0.4, 0.5) is 4.39 Å². The summed E-state index contributed by atoms with van der Waals surface area (Å²) >= 11 is 0. The predicted molar refractivity (Wildman–Crippen MR) is 130 cm³/mol. The van der Waals surface area contributed by atoms with E-state index in [0.717, 1.165) is 39.4 Å².